The summed E-state index contributed by atoms with van der Waals surface area (Å²) in [4.78, 5) is 28.0. The molecule has 2 aliphatic carbocycles. The number of para-hydroxylation sites is 1. The van der Waals surface area contributed by atoms with Crippen LogP contribution in [0, 0.1) is 5.92 Å². The van der Waals surface area contributed by atoms with Crippen molar-refractivity contribution in [3.63, 3.8) is 0 Å². The summed E-state index contributed by atoms with van der Waals surface area (Å²) < 4.78 is 35.5. The third kappa shape index (κ3) is 6.41. The van der Waals surface area contributed by atoms with Crippen molar-refractivity contribution in [1.82, 2.24) is 4.90 Å². The number of nitrogens with zero attached hydrogens (tertiary/aromatic N) is 2. The summed E-state index contributed by atoms with van der Waals surface area (Å²) in [6, 6.07) is 22.0. The van der Waals surface area contributed by atoms with Gasteiger partial charge in [0.05, 0.1) is 36.0 Å². The molecule has 3 fully saturated rings. The molecule has 3 aromatic rings. The minimum atomic E-state index is -3.69. The number of ether oxygens (including phenoxy) is 1. The van der Waals surface area contributed by atoms with Crippen molar-refractivity contribution in [3.05, 3.63) is 100 Å². The van der Waals surface area contributed by atoms with Crippen LogP contribution in [0.3, 0.4) is 0 Å². The highest BCUT2D eigenvalue weighted by atomic mass is 35.5. The van der Waals surface area contributed by atoms with E-state index >= 15 is 0 Å². The zero-order chi connectivity index (χ0) is 30.3. The first-order chi connectivity index (χ1) is 20.6. The molecule has 0 unspecified atom stereocenters. The number of sulfonamides is 1. The van der Waals surface area contributed by atoms with Gasteiger partial charge < -0.3 is 14.7 Å². The highest BCUT2D eigenvalue weighted by Gasteiger charge is 2.52. The highest BCUT2D eigenvalue weighted by Crippen LogP contribution is 2.49. The molecule has 11 heteroatoms. The van der Waals surface area contributed by atoms with Gasteiger partial charge in [-0.1, -0.05) is 65.7 Å². The van der Waals surface area contributed by atoms with Gasteiger partial charge in [0.2, 0.25) is 10.0 Å². The molecule has 3 aliphatic rings. The monoisotopic (exact) mass is 642 g/mol. The zero-order valence-electron chi connectivity index (χ0n) is 23.3. The van der Waals surface area contributed by atoms with E-state index in [9.17, 15) is 23.1 Å². The largest absolute Gasteiger partial charge is 0.481 e. The summed E-state index contributed by atoms with van der Waals surface area (Å²) in [6.07, 6.45) is 0.271. The van der Waals surface area contributed by atoms with Crippen LogP contribution in [-0.2, 0) is 24.3 Å². The molecule has 3 aromatic carbocycles. The van der Waals surface area contributed by atoms with E-state index in [2.05, 4.69) is 0 Å². The predicted octanol–water partition coefficient (Wildman–Crippen LogP) is 6.26. The van der Waals surface area contributed by atoms with E-state index in [1.54, 1.807) is 59.5 Å². The first-order valence-electron chi connectivity index (χ1n) is 14.4. The number of hydrogen-bond donors (Lipinski definition) is 1. The maximum Gasteiger partial charge on any atom is 0.306 e. The molecule has 1 amide bonds. The van der Waals surface area contributed by atoms with E-state index in [0.717, 1.165) is 18.4 Å². The third-order valence-electron chi connectivity index (χ3n) is 8.35. The van der Waals surface area contributed by atoms with Crippen molar-refractivity contribution in [2.75, 3.05) is 10.8 Å². The van der Waals surface area contributed by atoms with Crippen molar-refractivity contribution < 1.29 is 27.9 Å². The average Bonchev–Trinajstić information content (AvgIpc) is 3.89. The van der Waals surface area contributed by atoms with Gasteiger partial charge in [-0.2, -0.15) is 0 Å². The average molecular weight is 644 g/mol. The van der Waals surface area contributed by atoms with Crippen LogP contribution < -0.4 is 4.31 Å². The number of carboxylic acids is 1. The molecule has 1 saturated heterocycles. The lowest BCUT2D eigenvalue weighted by Gasteiger charge is -2.49. The maximum atomic E-state index is 14.4. The van der Waals surface area contributed by atoms with Crippen LogP contribution >= 0.6 is 23.2 Å². The van der Waals surface area contributed by atoms with E-state index in [-0.39, 0.29) is 12.5 Å². The van der Waals surface area contributed by atoms with E-state index in [1.165, 1.54) is 4.31 Å². The SMILES string of the molecule is O=C(O)C[C@H]1O[C@H](c2cccc(Cl)c2)[C@@H](c2ccc(Cl)cc2)N([C@H](CN(c2ccccc2)S(=O)(=O)C2CC2)C2CC2)C1=O. The number of anilines is 1. The smallest absolute Gasteiger partial charge is 0.306 e. The van der Waals surface area contributed by atoms with Crippen LogP contribution in [0.1, 0.15) is 55.4 Å². The predicted molar refractivity (Wildman–Crippen MR) is 165 cm³/mol. The molecule has 0 spiro atoms. The topological polar surface area (TPSA) is 104 Å². The Kier molecular flexibility index (Phi) is 8.43. The Morgan fingerprint density at radius 1 is 0.930 bits per heavy atom. The second-order valence-electron chi connectivity index (χ2n) is 11.5. The van der Waals surface area contributed by atoms with Gasteiger partial charge in [-0.25, -0.2) is 8.42 Å². The highest BCUT2D eigenvalue weighted by molar-refractivity contribution is 7.93. The summed E-state index contributed by atoms with van der Waals surface area (Å²) >= 11 is 12.6. The minimum Gasteiger partial charge on any atom is -0.481 e. The van der Waals surface area contributed by atoms with E-state index in [0.29, 0.717) is 34.1 Å². The van der Waals surface area contributed by atoms with Crippen LogP contribution in [0.25, 0.3) is 0 Å². The number of amides is 1. The van der Waals surface area contributed by atoms with Gasteiger partial charge >= 0.3 is 5.97 Å². The normalized spacial score (nSPS) is 23.2. The standard InChI is InChI=1S/C32H32Cl2N2O6S/c33-23-13-11-21(12-14-23)30-31(22-5-4-6-24(34)17-22)42-28(18-29(37)38)32(39)36(30)27(20-9-10-20)19-35(25-7-2-1-3-8-25)43(40,41)26-15-16-26/h1-8,11-14,17,20,26-28,30-31H,9-10,15-16,18-19H2,(H,37,38)/t27-,28-,30-,31-/m1/s1. The van der Waals surface area contributed by atoms with Crippen LogP contribution in [-0.4, -0.2) is 54.2 Å². The molecule has 0 bridgehead atoms. The van der Waals surface area contributed by atoms with Crippen molar-refractivity contribution in [2.24, 2.45) is 5.92 Å². The Morgan fingerprint density at radius 3 is 2.23 bits per heavy atom. The quantitative estimate of drug-likeness (QED) is 0.265. The first kappa shape index (κ1) is 29.9. The number of morpholine rings is 1. The number of rotatable bonds is 11. The number of benzene rings is 3. The van der Waals surface area contributed by atoms with Crippen molar-refractivity contribution >= 4 is 50.8 Å². The number of carbonyl (C=O) groups excluding carboxylic acids is 1. The zero-order valence-corrected chi connectivity index (χ0v) is 25.6. The molecule has 6 rings (SSSR count). The second kappa shape index (κ2) is 12.1. The fourth-order valence-electron chi connectivity index (χ4n) is 5.97. The molecule has 1 N–H and O–H groups in total. The molecular formula is C32H32Cl2N2O6S. The molecule has 1 heterocycles. The second-order valence-corrected chi connectivity index (χ2v) is 14.5. The molecule has 0 aromatic heterocycles. The summed E-state index contributed by atoms with van der Waals surface area (Å²) in [7, 11) is -3.69. The van der Waals surface area contributed by atoms with Gasteiger partial charge in [-0.3, -0.25) is 13.9 Å². The number of aliphatic carboxylic acids is 1. The fourth-order valence-corrected chi connectivity index (χ4v) is 8.17. The van der Waals surface area contributed by atoms with Crippen LogP contribution in [0.4, 0.5) is 5.69 Å². The molecule has 8 nitrogen and oxygen atoms in total. The lowest BCUT2D eigenvalue weighted by molar-refractivity contribution is -0.183. The van der Waals surface area contributed by atoms with Gasteiger partial charge in [0.15, 0.2) is 0 Å². The van der Waals surface area contributed by atoms with Gasteiger partial charge in [-0.15, -0.1) is 0 Å². The van der Waals surface area contributed by atoms with Gasteiger partial charge in [-0.05, 0) is 79.1 Å². The van der Waals surface area contributed by atoms with Crippen molar-refractivity contribution in [1.29, 1.82) is 0 Å². The Balaban J connectivity index is 1.49. The number of carboxylic acid groups (broad SMARTS) is 1. The van der Waals surface area contributed by atoms with Crippen LogP contribution in [0.15, 0.2) is 78.9 Å². The number of hydrogen-bond acceptors (Lipinski definition) is 5. The summed E-state index contributed by atoms with van der Waals surface area (Å²) in [6.45, 7) is 0.0470. The lowest BCUT2D eigenvalue weighted by atomic mass is 9.89. The van der Waals surface area contributed by atoms with Crippen LogP contribution in [0.5, 0.6) is 0 Å². The Bertz CT molecular complexity index is 1600. The van der Waals surface area contributed by atoms with Crippen molar-refractivity contribution in [3.8, 4) is 0 Å². The van der Waals surface area contributed by atoms with Gasteiger partial charge in [0.25, 0.3) is 5.91 Å². The summed E-state index contributed by atoms with van der Waals surface area (Å²) in [5.74, 6) is -1.62. The Morgan fingerprint density at radius 2 is 1.63 bits per heavy atom. The van der Waals surface area contributed by atoms with Crippen LogP contribution in [0.2, 0.25) is 10.0 Å². The maximum absolute atomic E-state index is 14.4. The van der Waals surface area contributed by atoms with Gasteiger partial charge in [0.1, 0.15) is 12.2 Å². The molecular weight excluding hydrogens is 611 g/mol. The molecule has 4 atom stereocenters. The molecule has 0 radical (unpaired) electrons. The molecule has 1 aliphatic heterocycles. The Labute approximate surface area is 261 Å². The minimum absolute atomic E-state index is 0.0305. The first-order valence-corrected chi connectivity index (χ1v) is 16.7. The van der Waals surface area contributed by atoms with Gasteiger partial charge in [0, 0.05) is 10.0 Å². The number of carbonyl (C=O) groups is 2. The lowest BCUT2D eigenvalue weighted by Crippen LogP contribution is -2.59. The van der Waals surface area contributed by atoms with Crippen molar-refractivity contribution in [2.45, 2.75) is 61.6 Å². The third-order valence-corrected chi connectivity index (χ3v) is 11.1. The molecule has 226 valence electrons. The molecule has 2 saturated carbocycles. The fraction of sp³-hybridized carbons (Fsp3) is 0.375. The summed E-state index contributed by atoms with van der Waals surface area (Å²) in [5, 5.41) is 10.3. The van der Waals surface area contributed by atoms with E-state index < -0.39 is 57.9 Å². The summed E-state index contributed by atoms with van der Waals surface area (Å²) in [5.41, 5.74) is 1.95. The van der Waals surface area contributed by atoms with E-state index in [4.69, 9.17) is 27.9 Å². The molecule has 43 heavy (non-hydrogen) atoms. The van der Waals surface area contributed by atoms with E-state index in [1.807, 2.05) is 24.3 Å². The number of halogens is 2. The Hall–Kier alpha value is -3.11.